The van der Waals surface area contributed by atoms with Gasteiger partial charge in [-0.3, -0.25) is 4.98 Å². The van der Waals surface area contributed by atoms with E-state index >= 15 is 0 Å². The molecule has 1 aliphatic rings. The predicted octanol–water partition coefficient (Wildman–Crippen LogP) is 4.59. The zero-order valence-electron chi connectivity index (χ0n) is 13.5. The molecule has 124 valence electrons. The van der Waals surface area contributed by atoms with E-state index in [1.54, 1.807) is 12.5 Å². The zero-order valence-corrected chi connectivity index (χ0v) is 14.3. The van der Waals surface area contributed by atoms with Gasteiger partial charge in [-0.05, 0) is 50.1 Å². The second-order valence-electron chi connectivity index (χ2n) is 6.18. The third kappa shape index (κ3) is 2.87. The van der Waals surface area contributed by atoms with Crippen LogP contribution in [0.15, 0.2) is 41.1 Å². The molecule has 0 saturated carbocycles. The van der Waals surface area contributed by atoms with E-state index < -0.39 is 0 Å². The van der Waals surface area contributed by atoms with Gasteiger partial charge < -0.3 is 14.5 Å². The van der Waals surface area contributed by atoms with Gasteiger partial charge in [0, 0.05) is 35.0 Å². The maximum Gasteiger partial charge on any atom is 0.160 e. The maximum absolute atomic E-state index is 6.37. The number of furan rings is 1. The summed E-state index contributed by atoms with van der Waals surface area (Å²) in [6.07, 6.45) is 5.80. The lowest BCUT2D eigenvalue weighted by atomic mass is 10.0. The summed E-state index contributed by atoms with van der Waals surface area (Å²) in [6.45, 7) is 3.96. The SMILES string of the molecule is Cc1cc(Cl)cc(-c2ccnc3ccoc23)c1OC1CCCNC1. The van der Waals surface area contributed by atoms with Gasteiger partial charge in [-0.2, -0.15) is 0 Å². The molecule has 0 radical (unpaired) electrons. The molecule has 24 heavy (non-hydrogen) atoms. The van der Waals surface area contributed by atoms with Gasteiger partial charge in [-0.25, -0.2) is 0 Å². The van der Waals surface area contributed by atoms with Crippen molar-refractivity contribution < 1.29 is 9.15 Å². The van der Waals surface area contributed by atoms with Crippen molar-refractivity contribution >= 4 is 22.7 Å². The van der Waals surface area contributed by atoms with Crippen LogP contribution < -0.4 is 10.1 Å². The molecule has 1 fully saturated rings. The van der Waals surface area contributed by atoms with Gasteiger partial charge in [0.1, 0.15) is 17.4 Å². The van der Waals surface area contributed by atoms with Crippen molar-refractivity contribution in [2.45, 2.75) is 25.9 Å². The molecule has 0 spiro atoms. The molecule has 2 aromatic heterocycles. The number of ether oxygens (including phenoxy) is 1. The Morgan fingerprint density at radius 3 is 3.04 bits per heavy atom. The summed E-state index contributed by atoms with van der Waals surface area (Å²) in [5, 5.41) is 4.08. The van der Waals surface area contributed by atoms with E-state index in [9.17, 15) is 0 Å². The van der Waals surface area contributed by atoms with Gasteiger partial charge in [0.05, 0.1) is 6.26 Å². The van der Waals surface area contributed by atoms with E-state index in [0.29, 0.717) is 5.02 Å². The fraction of sp³-hybridized carbons (Fsp3) is 0.316. The van der Waals surface area contributed by atoms with Crippen molar-refractivity contribution in [2.75, 3.05) is 13.1 Å². The van der Waals surface area contributed by atoms with Crippen molar-refractivity contribution in [2.24, 2.45) is 0 Å². The van der Waals surface area contributed by atoms with E-state index in [1.165, 1.54) is 0 Å². The molecular formula is C19H19ClN2O2. The molecular weight excluding hydrogens is 324 g/mol. The van der Waals surface area contributed by atoms with Crippen LogP contribution in [-0.4, -0.2) is 24.2 Å². The third-order valence-electron chi connectivity index (χ3n) is 4.41. The van der Waals surface area contributed by atoms with Crippen LogP contribution in [0.3, 0.4) is 0 Å². The number of aromatic nitrogens is 1. The van der Waals surface area contributed by atoms with E-state index in [-0.39, 0.29) is 6.10 Å². The van der Waals surface area contributed by atoms with Crippen molar-refractivity contribution in [1.29, 1.82) is 0 Å². The Hall–Kier alpha value is -2.04. The number of piperidine rings is 1. The van der Waals surface area contributed by atoms with Gasteiger partial charge >= 0.3 is 0 Å². The monoisotopic (exact) mass is 342 g/mol. The van der Waals surface area contributed by atoms with Crippen LogP contribution in [0.4, 0.5) is 0 Å². The van der Waals surface area contributed by atoms with Gasteiger partial charge in [0.2, 0.25) is 0 Å². The fourth-order valence-electron chi connectivity index (χ4n) is 3.26. The molecule has 1 aromatic carbocycles. The van der Waals surface area contributed by atoms with Crippen LogP contribution in [0.2, 0.25) is 5.02 Å². The normalized spacial score (nSPS) is 18.0. The van der Waals surface area contributed by atoms with Crippen LogP contribution >= 0.6 is 11.6 Å². The molecule has 0 aliphatic carbocycles. The molecule has 1 atom stereocenters. The summed E-state index contributed by atoms with van der Waals surface area (Å²) in [5.74, 6) is 0.872. The van der Waals surface area contributed by atoms with Gasteiger partial charge in [-0.15, -0.1) is 0 Å². The standard InChI is InChI=1S/C19H19ClN2O2/c1-12-9-13(20)10-16(18(12)24-14-3-2-6-21-11-14)15-4-7-22-17-5-8-23-19(15)17/h4-5,7-10,14,21H,2-3,6,11H2,1H3. The quantitative estimate of drug-likeness (QED) is 0.756. The molecule has 1 aliphatic heterocycles. The minimum Gasteiger partial charge on any atom is -0.488 e. The number of rotatable bonds is 3. The summed E-state index contributed by atoms with van der Waals surface area (Å²) in [7, 11) is 0. The van der Waals surface area contributed by atoms with Crippen molar-refractivity contribution in [3.63, 3.8) is 0 Å². The van der Waals surface area contributed by atoms with Crippen LogP contribution in [0.25, 0.3) is 22.2 Å². The predicted molar refractivity (Wildman–Crippen MR) is 95.7 cm³/mol. The Kier molecular flexibility index (Phi) is 4.17. The summed E-state index contributed by atoms with van der Waals surface area (Å²) >= 11 is 6.33. The summed E-state index contributed by atoms with van der Waals surface area (Å²) in [4.78, 5) is 4.34. The topological polar surface area (TPSA) is 47.3 Å². The zero-order chi connectivity index (χ0) is 16.5. The lowest BCUT2D eigenvalue weighted by Crippen LogP contribution is -2.37. The van der Waals surface area contributed by atoms with Crippen LogP contribution in [-0.2, 0) is 0 Å². The average molecular weight is 343 g/mol. The Morgan fingerprint density at radius 2 is 2.21 bits per heavy atom. The Balaban J connectivity index is 1.83. The van der Waals surface area contributed by atoms with Gasteiger partial charge in [-0.1, -0.05) is 11.6 Å². The number of aryl methyl sites for hydroxylation is 1. The van der Waals surface area contributed by atoms with E-state index in [2.05, 4.69) is 10.3 Å². The molecule has 3 aromatic rings. The number of hydrogen-bond acceptors (Lipinski definition) is 4. The molecule has 1 unspecified atom stereocenters. The molecule has 0 amide bonds. The van der Waals surface area contributed by atoms with Crippen molar-refractivity contribution in [3.8, 4) is 16.9 Å². The number of fused-ring (bicyclic) bond motifs is 1. The third-order valence-corrected chi connectivity index (χ3v) is 4.63. The van der Waals surface area contributed by atoms with Crippen molar-refractivity contribution in [1.82, 2.24) is 10.3 Å². The highest BCUT2D eigenvalue weighted by atomic mass is 35.5. The summed E-state index contributed by atoms with van der Waals surface area (Å²) in [6, 6.07) is 7.69. The number of halogens is 1. The second-order valence-corrected chi connectivity index (χ2v) is 6.62. The average Bonchev–Trinajstić information content (AvgIpc) is 3.07. The minimum atomic E-state index is 0.173. The van der Waals surface area contributed by atoms with Crippen LogP contribution in [0, 0.1) is 6.92 Å². The van der Waals surface area contributed by atoms with Crippen LogP contribution in [0.1, 0.15) is 18.4 Å². The fourth-order valence-corrected chi connectivity index (χ4v) is 3.53. The maximum atomic E-state index is 6.37. The van der Waals surface area contributed by atoms with E-state index in [1.807, 2.05) is 31.2 Å². The lowest BCUT2D eigenvalue weighted by Gasteiger charge is -2.26. The first kappa shape index (κ1) is 15.5. The molecule has 1 N–H and O–H groups in total. The smallest absolute Gasteiger partial charge is 0.160 e. The van der Waals surface area contributed by atoms with Crippen molar-refractivity contribution in [3.05, 3.63) is 47.3 Å². The highest BCUT2D eigenvalue weighted by molar-refractivity contribution is 6.31. The Morgan fingerprint density at radius 1 is 1.29 bits per heavy atom. The number of benzene rings is 1. The number of nitrogens with one attached hydrogen (secondary N) is 1. The number of hydrogen-bond donors (Lipinski definition) is 1. The number of pyridine rings is 1. The Bertz CT molecular complexity index is 869. The Labute approximate surface area is 145 Å². The first-order chi connectivity index (χ1) is 11.7. The van der Waals surface area contributed by atoms with Gasteiger partial charge in [0.25, 0.3) is 0 Å². The molecule has 4 rings (SSSR count). The summed E-state index contributed by atoms with van der Waals surface area (Å²) in [5.41, 5.74) is 4.52. The lowest BCUT2D eigenvalue weighted by molar-refractivity contribution is 0.167. The molecule has 1 saturated heterocycles. The highest BCUT2D eigenvalue weighted by Crippen LogP contribution is 2.39. The first-order valence-electron chi connectivity index (χ1n) is 8.22. The van der Waals surface area contributed by atoms with Gasteiger partial charge in [0.15, 0.2) is 5.58 Å². The minimum absolute atomic E-state index is 0.173. The highest BCUT2D eigenvalue weighted by Gasteiger charge is 2.20. The molecule has 3 heterocycles. The first-order valence-corrected chi connectivity index (χ1v) is 8.60. The summed E-state index contributed by atoms with van der Waals surface area (Å²) < 4.78 is 12.0. The largest absolute Gasteiger partial charge is 0.488 e. The molecule has 4 nitrogen and oxygen atoms in total. The second kappa shape index (κ2) is 6.46. The molecule has 5 heteroatoms. The van der Waals surface area contributed by atoms with E-state index in [4.69, 9.17) is 20.8 Å². The van der Waals surface area contributed by atoms with Crippen LogP contribution in [0.5, 0.6) is 5.75 Å². The number of nitrogens with zero attached hydrogens (tertiary/aromatic N) is 1. The van der Waals surface area contributed by atoms with E-state index in [0.717, 1.165) is 59.5 Å². The molecule has 0 bridgehead atoms.